The van der Waals surface area contributed by atoms with Gasteiger partial charge in [-0.05, 0) is 37.6 Å². The van der Waals surface area contributed by atoms with E-state index in [2.05, 4.69) is 54.6 Å². The molecular weight excluding hydrogens is 310 g/mol. The molecule has 3 unspecified atom stereocenters. The molecule has 0 spiro atoms. The average molecular weight is 352 g/mol. The molecule has 0 aromatic heterocycles. The summed E-state index contributed by atoms with van der Waals surface area (Å²) in [6.07, 6.45) is 1.34. The van der Waals surface area contributed by atoms with Crippen LogP contribution in [0.4, 0.5) is 0 Å². The van der Waals surface area contributed by atoms with Gasteiger partial charge in [0.1, 0.15) is 0 Å². The highest BCUT2D eigenvalue weighted by molar-refractivity contribution is 5.80. The molecule has 146 valence electrons. The van der Waals surface area contributed by atoms with Crippen LogP contribution in [0, 0.1) is 17.8 Å². The molecule has 2 saturated heterocycles. The predicted octanol–water partition coefficient (Wildman–Crippen LogP) is 2.20. The van der Waals surface area contributed by atoms with Gasteiger partial charge in [-0.3, -0.25) is 4.99 Å². The number of likely N-dealkylation sites (tertiary alicyclic amines) is 1. The van der Waals surface area contributed by atoms with Crippen LogP contribution >= 0.6 is 0 Å². The molecule has 0 saturated carbocycles. The van der Waals surface area contributed by atoms with Crippen LogP contribution in [0.1, 0.15) is 41.0 Å². The van der Waals surface area contributed by atoms with E-state index in [9.17, 15) is 0 Å². The van der Waals surface area contributed by atoms with Crippen LogP contribution in [0.25, 0.3) is 0 Å². The Hall–Kier alpha value is -0.810. The van der Waals surface area contributed by atoms with Crippen molar-refractivity contribution in [3.05, 3.63) is 0 Å². The molecule has 2 aliphatic rings. The summed E-state index contributed by atoms with van der Waals surface area (Å²) in [5.41, 5.74) is 0. The summed E-state index contributed by atoms with van der Waals surface area (Å²) in [4.78, 5) is 12.6. The Kier molecular flexibility index (Phi) is 8.50. The van der Waals surface area contributed by atoms with E-state index >= 15 is 0 Å². The first kappa shape index (κ1) is 20.5. The van der Waals surface area contributed by atoms with Gasteiger partial charge in [-0.15, -0.1) is 0 Å². The summed E-state index contributed by atoms with van der Waals surface area (Å²) in [6, 6.07) is 0. The molecule has 0 bridgehead atoms. The fourth-order valence-corrected chi connectivity index (χ4v) is 4.29. The summed E-state index contributed by atoms with van der Waals surface area (Å²) >= 11 is 0. The predicted molar refractivity (Wildman–Crippen MR) is 108 cm³/mol. The van der Waals surface area contributed by atoms with Crippen molar-refractivity contribution in [3.8, 4) is 0 Å². The molecule has 0 amide bonds. The number of piperidine rings is 1. The third-order valence-corrected chi connectivity index (χ3v) is 5.54. The molecule has 25 heavy (non-hydrogen) atoms. The lowest BCUT2D eigenvalue weighted by Gasteiger charge is -2.37. The number of likely N-dealkylation sites (N-methyl/N-ethyl adjacent to an activating group) is 1. The van der Waals surface area contributed by atoms with E-state index in [-0.39, 0.29) is 0 Å². The van der Waals surface area contributed by atoms with E-state index in [1.165, 1.54) is 45.7 Å². The monoisotopic (exact) mass is 351 g/mol. The van der Waals surface area contributed by atoms with Crippen molar-refractivity contribution >= 4 is 5.96 Å². The van der Waals surface area contributed by atoms with Crippen molar-refractivity contribution in [2.75, 3.05) is 65.4 Å². The molecule has 3 atom stereocenters. The molecule has 5 nitrogen and oxygen atoms in total. The highest BCUT2D eigenvalue weighted by atomic mass is 15.3. The number of nitrogens with zero attached hydrogens (tertiary/aromatic N) is 4. The highest BCUT2D eigenvalue weighted by Crippen LogP contribution is 2.21. The Morgan fingerprint density at radius 1 is 1.04 bits per heavy atom. The van der Waals surface area contributed by atoms with Gasteiger partial charge in [0.15, 0.2) is 5.96 Å². The molecule has 0 aromatic rings. The molecule has 2 rings (SSSR count). The van der Waals surface area contributed by atoms with Crippen LogP contribution in [0.5, 0.6) is 0 Å². The van der Waals surface area contributed by atoms with Crippen LogP contribution in [0.2, 0.25) is 0 Å². The second kappa shape index (κ2) is 10.4. The number of nitrogens with one attached hydrogen (secondary N) is 1. The van der Waals surface area contributed by atoms with Crippen LogP contribution in [-0.2, 0) is 0 Å². The van der Waals surface area contributed by atoms with Crippen LogP contribution in [0.15, 0.2) is 4.99 Å². The van der Waals surface area contributed by atoms with E-state index in [1.54, 1.807) is 0 Å². The first-order chi connectivity index (χ1) is 12.0. The molecule has 5 heteroatoms. The van der Waals surface area contributed by atoms with Gasteiger partial charge in [-0.1, -0.05) is 27.7 Å². The van der Waals surface area contributed by atoms with Gasteiger partial charge in [0.05, 0.1) is 0 Å². The van der Waals surface area contributed by atoms with Crippen LogP contribution in [-0.4, -0.2) is 86.1 Å². The fourth-order valence-electron chi connectivity index (χ4n) is 4.29. The minimum Gasteiger partial charge on any atom is -0.357 e. The van der Waals surface area contributed by atoms with E-state index < -0.39 is 0 Å². The molecule has 1 N–H and O–H groups in total. The normalized spacial score (nSPS) is 28.2. The van der Waals surface area contributed by atoms with Gasteiger partial charge in [-0.25, -0.2) is 0 Å². The Morgan fingerprint density at radius 3 is 2.20 bits per heavy atom. The van der Waals surface area contributed by atoms with Crippen molar-refractivity contribution in [1.82, 2.24) is 20.0 Å². The zero-order valence-electron chi connectivity index (χ0n) is 17.3. The smallest absolute Gasteiger partial charge is 0.193 e. The summed E-state index contributed by atoms with van der Waals surface area (Å²) in [7, 11) is 0. The lowest BCUT2D eigenvalue weighted by Crippen LogP contribution is -2.49. The van der Waals surface area contributed by atoms with Crippen molar-refractivity contribution < 1.29 is 0 Å². The third-order valence-electron chi connectivity index (χ3n) is 5.54. The van der Waals surface area contributed by atoms with Crippen molar-refractivity contribution in [3.63, 3.8) is 0 Å². The van der Waals surface area contributed by atoms with Gasteiger partial charge in [-0.2, -0.15) is 0 Å². The number of rotatable bonds is 6. The minimum absolute atomic E-state index is 0.612. The van der Waals surface area contributed by atoms with Gasteiger partial charge >= 0.3 is 0 Å². The number of hydrogen-bond acceptors (Lipinski definition) is 3. The number of aliphatic imine (C=N–C) groups is 1. The summed E-state index contributed by atoms with van der Waals surface area (Å²) in [6.45, 7) is 22.9. The standard InChI is InChI=1S/C20H41N5/c1-6-21-20(25-15-17(3)12-18(4)16-25)22-13-19(5)14-24-10-8-23(7-2)9-11-24/h17-19H,6-16H2,1-5H3,(H,21,22). The van der Waals surface area contributed by atoms with E-state index in [0.29, 0.717) is 5.92 Å². The maximum Gasteiger partial charge on any atom is 0.193 e. The first-order valence-electron chi connectivity index (χ1n) is 10.5. The quantitative estimate of drug-likeness (QED) is 0.588. The van der Waals surface area contributed by atoms with Crippen LogP contribution in [0.3, 0.4) is 0 Å². The summed E-state index contributed by atoms with van der Waals surface area (Å²) < 4.78 is 0. The molecule has 0 aliphatic carbocycles. The first-order valence-corrected chi connectivity index (χ1v) is 10.5. The SMILES string of the molecule is CCNC(=NCC(C)CN1CCN(CC)CC1)N1CC(C)CC(C)C1. The maximum absolute atomic E-state index is 5.00. The zero-order chi connectivity index (χ0) is 18.2. The largest absolute Gasteiger partial charge is 0.357 e. The van der Waals surface area contributed by atoms with E-state index in [1.807, 2.05) is 0 Å². The summed E-state index contributed by atoms with van der Waals surface area (Å²) in [5, 5.41) is 3.52. The number of hydrogen-bond donors (Lipinski definition) is 1. The Labute approximate surface area is 155 Å². The highest BCUT2D eigenvalue weighted by Gasteiger charge is 2.24. The molecule has 0 aromatic carbocycles. The number of guanidine groups is 1. The van der Waals surface area contributed by atoms with Crippen molar-refractivity contribution in [2.45, 2.75) is 41.0 Å². The molecule has 2 fully saturated rings. The van der Waals surface area contributed by atoms with E-state index in [0.717, 1.165) is 44.0 Å². The lowest BCUT2D eigenvalue weighted by atomic mass is 9.92. The van der Waals surface area contributed by atoms with Gasteiger partial charge < -0.3 is 20.0 Å². The fraction of sp³-hybridized carbons (Fsp3) is 0.950. The summed E-state index contributed by atoms with van der Waals surface area (Å²) in [5.74, 6) is 3.27. The van der Waals surface area contributed by atoms with Gasteiger partial charge in [0.2, 0.25) is 0 Å². The molecular formula is C20H41N5. The average Bonchev–Trinajstić information content (AvgIpc) is 2.58. The second-order valence-corrected chi connectivity index (χ2v) is 8.39. The topological polar surface area (TPSA) is 34.1 Å². The Morgan fingerprint density at radius 2 is 1.64 bits per heavy atom. The van der Waals surface area contributed by atoms with E-state index in [4.69, 9.17) is 4.99 Å². The Balaban J connectivity index is 1.83. The number of piperazine rings is 1. The minimum atomic E-state index is 0.612. The van der Waals surface area contributed by atoms with Gasteiger partial charge in [0.25, 0.3) is 0 Å². The van der Waals surface area contributed by atoms with Gasteiger partial charge in [0, 0.05) is 58.9 Å². The lowest BCUT2D eigenvalue weighted by molar-refractivity contribution is 0.125. The maximum atomic E-state index is 5.00. The molecule has 0 radical (unpaired) electrons. The van der Waals surface area contributed by atoms with Crippen LogP contribution < -0.4 is 5.32 Å². The molecule has 2 aliphatic heterocycles. The van der Waals surface area contributed by atoms with Crippen molar-refractivity contribution in [2.24, 2.45) is 22.7 Å². The van der Waals surface area contributed by atoms with Crippen molar-refractivity contribution in [1.29, 1.82) is 0 Å². The molecule has 2 heterocycles. The third kappa shape index (κ3) is 6.78. The zero-order valence-corrected chi connectivity index (χ0v) is 17.3. The second-order valence-electron chi connectivity index (χ2n) is 8.39. The Bertz CT molecular complexity index is 393.